The van der Waals surface area contributed by atoms with Crippen molar-refractivity contribution in [2.45, 2.75) is 13.0 Å². The van der Waals surface area contributed by atoms with Crippen LogP contribution >= 0.6 is 12.6 Å². The molecule has 0 saturated heterocycles. The fourth-order valence-electron chi connectivity index (χ4n) is 0.972. The summed E-state index contributed by atoms with van der Waals surface area (Å²) in [4.78, 5) is 0. The van der Waals surface area contributed by atoms with Gasteiger partial charge in [-0.15, -0.1) is 0 Å². The molecule has 0 amide bonds. The lowest BCUT2D eigenvalue weighted by Gasteiger charge is -1.97. The molecule has 0 atom stereocenters. The first kappa shape index (κ1) is 8.68. The molecule has 0 bridgehead atoms. The summed E-state index contributed by atoms with van der Waals surface area (Å²) in [7, 11) is 1.68. The molecule has 0 fully saturated rings. The van der Waals surface area contributed by atoms with Crippen LogP contribution in [-0.4, -0.2) is 12.9 Å². The molecular weight excluding hydrogens is 160 g/mol. The zero-order chi connectivity index (χ0) is 8.10. The van der Waals surface area contributed by atoms with Crippen LogP contribution in [0.25, 0.3) is 0 Å². The molecule has 0 spiro atoms. The normalized spacial score (nSPS) is 10.4. The molecule has 0 N–H and O–H groups in total. The summed E-state index contributed by atoms with van der Waals surface area (Å²) in [6.07, 6.45) is 2.56. The van der Waals surface area contributed by atoms with Crippen LogP contribution in [0.3, 0.4) is 0 Å². The van der Waals surface area contributed by atoms with Crippen LogP contribution in [0.4, 0.5) is 0 Å². The van der Waals surface area contributed by atoms with Gasteiger partial charge in [0.2, 0.25) is 0 Å². The quantitative estimate of drug-likeness (QED) is 0.701. The molecule has 0 aliphatic carbocycles. The van der Waals surface area contributed by atoms with E-state index in [1.54, 1.807) is 13.4 Å². The predicted octanol–water partition coefficient (Wildman–Crippen LogP) is 1.90. The van der Waals surface area contributed by atoms with Crippen molar-refractivity contribution in [3.63, 3.8) is 0 Å². The summed E-state index contributed by atoms with van der Waals surface area (Å²) in [5.74, 6) is 1.80. The van der Waals surface area contributed by atoms with Crippen molar-refractivity contribution in [1.29, 1.82) is 0 Å². The Kier molecular flexibility index (Phi) is 3.52. The molecule has 11 heavy (non-hydrogen) atoms. The SMILES string of the molecule is COCc1ccoc1CCS. The maximum absolute atomic E-state index is 5.23. The molecule has 0 radical (unpaired) electrons. The molecule has 1 rings (SSSR count). The van der Waals surface area contributed by atoms with Crippen LogP contribution in [-0.2, 0) is 17.8 Å². The number of thiol groups is 1. The summed E-state index contributed by atoms with van der Waals surface area (Å²) < 4.78 is 10.2. The molecule has 3 heteroatoms. The summed E-state index contributed by atoms with van der Waals surface area (Å²) in [6, 6.07) is 1.93. The lowest BCUT2D eigenvalue weighted by atomic mass is 10.2. The average Bonchev–Trinajstić information content (AvgIpc) is 2.39. The Balaban J connectivity index is 2.62. The molecule has 0 saturated carbocycles. The number of ether oxygens (including phenoxy) is 1. The van der Waals surface area contributed by atoms with Gasteiger partial charge in [0, 0.05) is 19.1 Å². The van der Waals surface area contributed by atoms with Crippen molar-refractivity contribution in [2.75, 3.05) is 12.9 Å². The van der Waals surface area contributed by atoms with Gasteiger partial charge in [0.15, 0.2) is 0 Å². The molecular formula is C8H12O2S. The van der Waals surface area contributed by atoms with Gasteiger partial charge in [0.1, 0.15) is 5.76 Å². The van der Waals surface area contributed by atoms with Crippen molar-refractivity contribution >= 4 is 12.6 Å². The Labute approximate surface area is 72.0 Å². The molecule has 1 heterocycles. The first-order chi connectivity index (χ1) is 5.38. The van der Waals surface area contributed by atoms with Crippen molar-refractivity contribution in [3.8, 4) is 0 Å². The van der Waals surface area contributed by atoms with Crippen molar-refractivity contribution in [2.24, 2.45) is 0 Å². The highest BCUT2D eigenvalue weighted by Crippen LogP contribution is 2.12. The van der Waals surface area contributed by atoms with Gasteiger partial charge < -0.3 is 9.15 Å². The van der Waals surface area contributed by atoms with Crippen molar-refractivity contribution < 1.29 is 9.15 Å². The number of hydrogen-bond acceptors (Lipinski definition) is 3. The second-order valence-corrected chi connectivity index (χ2v) is 2.72. The number of aryl methyl sites for hydroxylation is 1. The van der Waals surface area contributed by atoms with Gasteiger partial charge >= 0.3 is 0 Å². The van der Waals surface area contributed by atoms with E-state index in [1.807, 2.05) is 6.07 Å². The maximum Gasteiger partial charge on any atom is 0.110 e. The largest absolute Gasteiger partial charge is 0.469 e. The first-order valence-electron chi connectivity index (χ1n) is 3.53. The van der Waals surface area contributed by atoms with Gasteiger partial charge in [-0.3, -0.25) is 0 Å². The Hall–Kier alpha value is -0.410. The lowest BCUT2D eigenvalue weighted by molar-refractivity contribution is 0.183. The molecule has 1 aromatic heterocycles. The molecule has 0 aliphatic rings. The van der Waals surface area contributed by atoms with Crippen LogP contribution in [0, 0.1) is 0 Å². The van der Waals surface area contributed by atoms with E-state index in [2.05, 4.69) is 12.6 Å². The van der Waals surface area contributed by atoms with Crippen LogP contribution in [0.5, 0.6) is 0 Å². The Bertz CT molecular complexity index is 187. The van der Waals surface area contributed by atoms with Crippen molar-refractivity contribution in [3.05, 3.63) is 23.7 Å². The smallest absolute Gasteiger partial charge is 0.110 e. The van der Waals surface area contributed by atoms with Gasteiger partial charge in [-0.1, -0.05) is 0 Å². The summed E-state index contributed by atoms with van der Waals surface area (Å²) >= 11 is 4.12. The number of furan rings is 1. The van der Waals surface area contributed by atoms with Crippen LogP contribution in [0.1, 0.15) is 11.3 Å². The van der Waals surface area contributed by atoms with E-state index in [9.17, 15) is 0 Å². The van der Waals surface area contributed by atoms with Gasteiger partial charge in [-0.05, 0) is 11.8 Å². The fourth-order valence-corrected chi connectivity index (χ4v) is 1.18. The minimum Gasteiger partial charge on any atom is -0.469 e. The number of hydrogen-bond donors (Lipinski definition) is 1. The van der Waals surface area contributed by atoms with Gasteiger partial charge in [-0.25, -0.2) is 0 Å². The Morgan fingerprint density at radius 1 is 1.64 bits per heavy atom. The summed E-state index contributed by atoms with van der Waals surface area (Å²) in [5.41, 5.74) is 1.13. The van der Waals surface area contributed by atoms with E-state index in [-0.39, 0.29) is 0 Å². The van der Waals surface area contributed by atoms with E-state index in [0.717, 1.165) is 23.5 Å². The molecule has 0 aliphatic heterocycles. The van der Waals surface area contributed by atoms with E-state index >= 15 is 0 Å². The summed E-state index contributed by atoms with van der Waals surface area (Å²) in [6.45, 7) is 0.625. The third-order valence-corrected chi connectivity index (χ3v) is 1.70. The first-order valence-corrected chi connectivity index (χ1v) is 4.16. The fraction of sp³-hybridized carbons (Fsp3) is 0.500. The molecule has 62 valence electrons. The third-order valence-electron chi connectivity index (χ3n) is 1.48. The van der Waals surface area contributed by atoms with E-state index < -0.39 is 0 Å². The second kappa shape index (κ2) is 4.46. The standard InChI is InChI=1S/C8H12O2S/c1-9-6-7-2-4-10-8(7)3-5-11/h2,4,11H,3,5-6H2,1H3. The molecule has 1 aromatic rings. The predicted molar refractivity (Wildman–Crippen MR) is 47.0 cm³/mol. The molecule has 0 aromatic carbocycles. The van der Waals surface area contributed by atoms with E-state index in [0.29, 0.717) is 6.61 Å². The Morgan fingerprint density at radius 3 is 3.09 bits per heavy atom. The van der Waals surface area contributed by atoms with Crippen LogP contribution < -0.4 is 0 Å². The zero-order valence-corrected chi connectivity index (χ0v) is 7.43. The monoisotopic (exact) mass is 172 g/mol. The minimum absolute atomic E-state index is 0.625. The highest BCUT2D eigenvalue weighted by molar-refractivity contribution is 7.80. The van der Waals surface area contributed by atoms with Crippen molar-refractivity contribution in [1.82, 2.24) is 0 Å². The average molecular weight is 172 g/mol. The Morgan fingerprint density at radius 2 is 2.45 bits per heavy atom. The van der Waals surface area contributed by atoms with Gasteiger partial charge in [0.05, 0.1) is 12.9 Å². The molecule has 2 nitrogen and oxygen atoms in total. The van der Waals surface area contributed by atoms with Crippen LogP contribution in [0.15, 0.2) is 16.7 Å². The van der Waals surface area contributed by atoms with Gasteiger partial charge in [0.25, 0.3) is 0 Å². The summed E-state index contributed by atoms with van der Waals surface area (Å²) in [5, 5.41) is 0. The zero-order valence-electron chi connectivity index (χ0n) is 6.54. The van der Waals surface area contributed by atoms with Crippen LogP contribution in [0.2, 0.25) is 0 Å². The lowest BCUT2D eigenvalue weighted by Crippen LogP contribution is -1.92. The highest BCUT2D eigenvalue weighted by Gasteiger charge is 2.03. The number of rotatable bonds is 4. The second-order valence-electron chi connectivity index (χ2n) is 2.28. The third kappa shape index (κ3) is 2.27. The number of methoxy groups -OCH3 is 1. The maximum atomic E-state index is 5.23. The minimum atomic E-state index is 0.625. The topological polar surface area (TPSA) is 22.4 Å². The highest BCUT2D eigenvalue weighted by atomic mass is 32.1. The van der Waals surface area contributed by atoms with Gasteiger partial charge in [-0.2, -0.15) is 12.6 Å². The van der Waals surface area contributed by atoms with E-state index in [1.165, 1.54) is 0 Å². The van der Waals surface area contributed by atoms with E-state index in [4.69, 9.17) is 9.15 Å². The molecule has 0 unspecified atom stereocenters.